The van der Waals surface area contributed by atoms with Crippen LogP contribution in [0.25, 0.3) is 0 Å². The predicted octanol–water partition coefficient (Wildman–Crippen LogP) is -0.652. The number of hydrogen-bond acceptors (Lipinski definition) is 4. The monoisotopic (exact) mass is 269 g/mol. The topological polar surface area (TPSA) is 70.7 Å². The molecule has 0 aromatic carbocycles. The van der Waals surface area contributed by atoms with E-state index >= 15 is 0 Å². The zero-order chi connectivity index (χ0) is 13.8. The van der Waals surface area contributed by atoms with E-state index in [0.717, 1.165) is 12.8 Å². The number of nitrogens with zero attached hydrogens (tertiary/aromatic N) is 1. The molecule has 6 heteroatoms. The summed E-state index contributed by atoms with van der Waals surface area (Å²) in [6, 6.07) is -0.00548. The molecule has 2 rings (SSSR count). The van der Waals surface area contributed by atoms with Crippen molar-refractivity contribution in [2.24, 2.45) is 5.92 Å². The normalized spacial score (nSPS) is 31.9. The number of hydrogen-bond donors (Lipinski definition) is 2. The van der Waals surface area contributed by atoms with Crippen LogP contribution in [0, 0.1) is 5.92 Å². The second kappa shape index (κ2) is 6.34. The Morgan fingerprint density at radius 3 is 2.79 bits per heavy atom. The van der Waals surface area contributed by atoms with Crippen molar-refractivity contribution in [2.45, 2.75) is 31.8 Å². The Bertz CT molecular complexity index is 340. The van der Waals surface area contributed by atoms with Gasteiger partial charge in [-0.15, -0.1) is 0 Å². The number of carbonyl (C=O) groups excluding carboxylic acids is 2. The van der Waals surface area contributed by atoms with Gasteiger partial charge in [0.05, 0.1) is 19.1 Å². The molecule has 0 bridgehead atoms. The van der Waals surface area contributed by atoms with Gasteiger partial charge in [0.25, 0.3) is 0 Å². The van der Waals surface area contributed by atoms with Crippen LogP contribution in [0.2, 0.25) is 0 Å². The zero-order valence-corrected chi connectivity index (χ0v) is 11.6. The lowest BCUT2D eigenvalue weighted by molar-refractivity contribution is -0.151. The lowest BCUT2D eigenvalue weighted by atomic mass is 9.93. The first-order chi connectivity index (χ1) is 9.13. The van der Waals surface area contributed by atoms with Crippen molar-refractivity contribution in [1.82, 2.24) is 15.5 Å². The Labute approximate surface area is 113 Å². The van der Waals surface area contributed by atoms with Crippen molar-refractivity contribution in [3.8, 4) is 0 Å². The summed E-state index contributed by atoms with van der Waals surface area (Å²) in [7, 11) is 1.59. The number of rotatable bonds is 2. The molecule has 0 aromatic rings. The van der Waals surface area contributed by atoms with Gasteiger partial charge in [-0.2, -0.15) is 0 Å². The van der Waals surface area contributed by atoms with Crippen molar-refractivity contribution >= 4 is 11.8 Å². The molecule has 3 unspecified atom stereocenters. The van der Waals surface area contributed by atoms with Crippen molar-refractivity contribution in [3.05, 3.63) is 0 Å². The number of piperidine rings is 1. The number of ether oxygens (including phenoxy) is 1. The van der Waals surface area contributed by atoms with E-state index in [2.05, 4.69) is 17.6 Å². The van der Waals surface area contributed by atoms with Gasteiger partial charge in [0, 0.05) is 26.2 Å². The van der Waals surface area contributed by atoms with E-state index in [4.69, 9.17) is 4.74 Å². The van der Waals surface area contributed by atoms with Crippen LogP contribution in [-0.4, -0.2) is 62.1 Å². The van der Waals surface area contributed by atoms with Gasteiger partial charge in [-0.05, 0) is 19.8 Å². The van der Waals surface area contributed by atoms with E-state index in [1.807, 2.05) is 0 Å². The molecule has 0 radical (unpaired) electrons. The molecule has 0 spiro atoms. The molecular formula is C13H23N3O3. The molecule has 0 saturated carbocycles. The Morgan fingerprint density at radius 2 is 2.16 bits per heavy atom. The lowest BCUT2D eigenvalue weighted by Crippen LogP contribution is -2.58. The fourth-order valence-electron chi connectivity index (χ4n) is 2.70. The number of likely N-dealkylation sites (N-methyl/N-ethyl adjacent to an activating group) is 1. The third-order valence-electron chi connectivity index (χ3n) is 3.97. The average molecular weight is 269 g/mol. The molecule has 19 heavy (non-hydrogen) atoms. The summed E-state index contributed by atoms with van der Waals surface area (Å²) >= 11 is 0. The third-order valence-corrected chi connectivity index (χ3v) is 3.97. The van der Waals surface area contributed by atoms with Crippen LogP contribution in [0.1, 0.15) is 19.8 Å². The predicted molar refractivity (Wildman–Crippen MR) is 70.6 cm³/mol. The summed E-state index contributed by atoms with van der Waals surface area (Å²) in [5.74, 6) is -0.0806. The first kappa shape index (κ1) is 14.3. The fourth-order valence-corrected chi connectivity index (χ4v) is 2.70. The van der Waals surface area contributed by atoms with Crippen LogP contribution in [0.4, 0.5) is 0 Å². The van der Waals surface area contributed by atoms with Gasteiger partial charge in [-0.1, -0.05) is 0 Å². The van der Waals surface area contributed by atoms with Crippen LogP contribution in [0.3, 0.4) is 0 Å². The molecule has 3 atom stereocenters. The van der Waals surface area contributed by atoms with E-state index < -0.39 is 6.04 Å². The highest BCUT2D eigenvalue weighted by Gasteiger charge is 2.36. The van der Waals surface area contributed by atoms with Gasteiger partial charge >= 0.3 is 0 Å². The maximum atomic E-state index is 12.5. The van der Waals surface area contributed by atoms with Gasteiger partial charge in [-0.3, -0.25) is 9.59 Å². The van der Waals surface area contributed by atoms with Crippen LogP contribution in [0.15, 0.2) is 0 Å². The van der Waals surface area contributed by atoms with Gasteiger partial charge in [0.2, 0.25) is 11.8 Å². The minimum absolute atomic E-state index is 0.0125. The molecule has 108 valence electrons. The minimum Gasteiger partial charge on any atom is -0.377 e. The Balaban J connectivity index is 2.01. The summed E-state index contributed by atoms with van der Waals surface area (Å²) in [5, 5.41) is 5.93. The van der Waals surface area contributed by atoms with Gasteiger partial charge in [0.15, 0.2) is 0 Å². The first-order valence-electron chi connectivity index (χ1n) is 6.96. The van der Waals surface area contributed by atoms with E-state index in [1.54, 1.807) is 11.9 Å². The molecule has 6 nitrogen and oxygen atoms in total. The molecule has 0 aliphatic carbocycles. The Kier molecular flexibility index (Phi) is 4.76. The van der Waals surface area contributed by atoms with Crippen molar-refractivity contribution in [1.29, 1.82) is 0 Å². The van der Waals surface area contributed by atoms with Crippen molar-refractivity contribution in [3.63, 3.8) is 0 Å². The van der Waals surface area contributed by atoms with Crippen LogP contribution < -0.4 is 10.6 Å². The number of morpholine rings is 1. The highest BCUT2D eigenvalue weighted by atomic mass is 16.5. The smallest absolute Gasteiger partial charge is 0.244 e. The van der Waals surface area contributed by atoms with Crippen molar-refractivity contribution < 1.29 is 14.3 Å². The van der Waals surface area contributed by atoms with E-state index in [-0.39, 0.29) is 17.7 Å². The molecule has 2 heterocycles. The molecule has 2 saturated heterocycles. The second-order valence-corrected chi connectivity index (χ2v) is 5.32. The Morgan fingerprint density at radius 1 is 1.37 bits per heavy atom. The molecule has 0 aromatic heterocycles. The van der Waals surface area contributed by atoms with Crippen molar-refractivity contribution in [2.75, 3.05) is 33.4 Å². The second-order valence-electron chi connectivity index (χ2n) is 5.32. The number of carbonyl (C=O) groups is 2. The third kappa shape index (κ3) is 3.25. The minimum atomic E-state index is -0.481. The molecule has 2 N–H and O–H groups in total. The highest BCUT2D eigenvalue weighted by molar-refractivity contribution is 5.88. The average Bonchev–Trinajstić information content (AvgIpc) is 2.46. The number of amides is 2. The summed E-state index contributed by atoms with van der Waals surface area (Å²) in [5.41, 5.74) is 0. The molecule has 2 aliphatic heterocycles. The summed E-state index contributed by atoms with van der Waals surface area (Å²) in [6.07, 6.45) is 1.90. The van der Waals surface area contributed by atoms with Gasteiger partial charge in [0.1, 0.15) is 6.04 Å². The Hall–Kier alpha value is -1.14. The summed E-state index contributed by atoms with van der Waals surface area (Å²) in [6.45, 7) is 4.14. The maximum Gasteiger partial charge on any atom is 0.244 e. The molecule has 2 aliphatic rings. The van der Waals surface area contributed by atoms with Gasteiger partial charge < -0.3 is 20.3 Å². The van der Waals surface area contributed by atoms with Gasteiger partial charge in [-0.25, -0.2) is 0 Å². The van der Waals surface area contributed by atoms with Crippen LogP contribution >= 0.6 is 0 Å². The molecule has 2 amide bonds. The van der Waals surface area contributed by atoms with Crippen LogP contribution in [0.5, 0.6) is 0 Å². The summed E-state index contributed by atoms with van der Waals surface area (Å²) in [4.78, 5) is 26.0. The SMILES string of the molecule is CNC(=O)C1COCCN1C(=O)C1CCC(C)NC1. The largest absolute Gasteiger partial charge is 0.377 e. The first-order valence-corrected chi connectivity index (χ1v) is 6.96. The zero-order valence-electron chi connectivity index (χ0n) is 11.6. The lowest BCUT2D eigenvalue weighted by Gasteiger charge is -2.38. The van der Waals surface area contributed by atoms with Crippen LogP contribution in [-0.2, 0) is 14.3 Å². The molecular weight excluding hydrogens is 246 g/mol. The number of nitrogens with one attached hydrogen (secondary N) is 2. The quantitative estimate of drug-likeness (QED) is 0.699. The van der Waals surface area contributed by atoms with E-state index in [0.29, 0.717) is 32.3 Å². The highest BCUT2D eigenvalue weighted by Crippen LogP contribution is 2.19. The maximum absolute atomic E-state index is 12.5. The fraction of sp³-hybridized carbons (Fsp3) is 0.846. The summed E-state index contributed by atoms with van der Waals surface area (Å²) < 4.78 is 5.32. The standard InChI is InChI=1S/C13H23N3O3/c1-9-3-4-10(7-15-9)13(18)16-5-6-19-8-11(16)12(17)14-2/h9-11,15H,3-8H2,1-2H3,(H,14,17). The molecule has 2 fully saturated rings. The van der Waals surface area contributed by atoms with E-state index in [9.17, 15) is 9.59 Å². The van der Waals surface area contributed by atoms with E-state index in [1.165, 1.54) is 0 Å².